The lowest BCUT2D eigenvalue weighted by atomic mass is 9.77. The summed E-state index contributed by atoms with van der Waals surface area (Å²) >= 11 is 9.73. The predicted molar refractivity (Wildman–Crippen MR) is 146 cm³/mol. The number of carbonyl (C=O) groups excluding carboxylic acids is 1. The Bertz CT molecular complexity index is 1450. The number of nitrogens with one attached hydrogen (secondary N) is 1. The number of nitro groups is 1. The van der Waals surface area contributed by atoms with E-state index in [1.165, 1.54) is 0 Å². The van der Waals surface area contributed by atoms with E-state index in [1.54, 1.807) is 13.2 Å². The SMILES string of the molecule is COc1cc([C@@H]2[C@@H]3CCCN3[C@@]3(C(=O)Nc4ccccc43)[C@@H]2[N+](=O)[O-])cc(Br)c1OCc1cccc(Cl)c1. The van der Waals surface area contributed by atoms with Crippen LogP contribution in [0.1, 0.15) is 35.4 Å². The Morgan fingerprint density at radius 1 is 1.21 bits per heavy atom. The highest BCUT2D eigenvalue weighted by Gasteiger charge is 2.73. The molecule has 1 N–H and O–H groups in total. The van der Waals surface area contributed by atoms with E-state index in [9.17, 15) is 14.9 Å². The molecule has 0 radical (unpaired) electrons. The van der Waals surface area contributed by atoms with Gasteiger partial charge in [0.25, 0.3) is 11.9 Å². The molecule has 0 aliphatic carbocycles. The number of carbonyl (C=O) groups is 1. The monoisotopic (exact) mass is 597 g/mol. The van der Waals surface area contributed by atoms with Crippen LogP contribution in [-0.2, 0) is 16.9 Å². The molecule has 1 amide bonds. The van der Waals surface area contributed by atoms with Crippen LogP contribution in [0, 0.1) is 10.1 Å². The zero-order chi connectivity index (χ0) is 26.6. The predicted octanol–water partition coefficient (Wildman–Crippen LogP) is 5.74. The minimum absolute atomic E-state index is 0.169. The molecule has 0 saturated carbocycles. The highest BCUT2D eigenvalue weighted by Crippen LogP contribution is 2.58. The summed E-state index contributed by atoms with van der Waals surface area (Å²) in [7, 11) is 1.54. The molecule has 4 atom stereocenters. The van der Waals surface area contributed by atoms with Crippen LogP contribution >= 0.6 is 27.5 Å². The Labute approximate surface area is 233 Å². The Balaban J connectivity index is 1.43. The molecule has 3 aromatic carbocycles. The number of halogens is 2. The van der Waals surface area contributed by atoms with E-state index in [2.05, 4.69) is 26.1 Å². The number of nitrogens with zero attached hydrogens (tertiary/aromatic N) is 2. The molecular weight excluding hydrogens is 574 g/mol. The van der Waals surface area contributed by atoms with E-state index in [0.717, 1.165) is 24.0 Å². The third-order valence-electron chi connectivity index (χ3n) is 8.00. The highest BCUT2D eigenvalue weighted by atomic mass is 79.9. The Morgan fingerprint density at radius 2 is 2.03 bits per heavy atom. The van der Waals surface area contributed by atoms with Gasteiger partial charge in [-0.1, -0.05) is 41.9 Å². The number of methoxy groups -OCH3 is 1. The van der Waals surface area contributed by atoms with Crippen molar-refractivity contribution < 1.29 is 19.2 Å². The highest BCUT2D eigenvalue weighted by molar-refractivity contribution is 9.10. The largest absolute Gasteiger partial charge is 0.493 e. The lowest BCUT2D eigenvalue weighted by molar-refractivity contribution is -0.534. The van der Waals surface area contributed by atoms with Crippen LogP contribution < -0.4 is 14.8 Å². The summed E-state index contributed by atoms with van der Waals surface area (Å²) in [6.45, 7) is 0.888. The number of hydrogen-bond donors (Lipinski definition) is 1. The van der Waals surface area contributed by atoms with Crippen molar-refractivity contribution >= 4 is 39.1 Å². The molecule has 3 aromatic rings. The fraction of sp³-hybridized carbons (Fsp3) is 0.321. The van der Waals surface area contributed by atoms with Crippen molar-refractivity contribution in [3.8, 4) is 11.5 Å². The molecule has 2 fully saturated rings. The zero-order valence-corrected chi connectivity index (χ0v) is 22.9. The van der Waals surface area contributed by atoms with Gasteiger partial charge in [0.15, 0.2) is 17.0 Å². The summed E-state index contributed by atoms with van der Waals surface area (Å²) < 4.78 is 12.4. The minimum Gasteiger partial charge on any atom is -0.493 e. The molecule has 2 saturated heterocycles. The van der Waals surface area contributed by atoms with Crippen LogP contribution in [0.2, 0.25) is 5.02 Å². The summed E-state index contributed by atoms with van der Waals surface area (Å²) in [5.41, 5.74) is 1.58. The van der Waals surface area contributed by atoms with Gasteiger partial charge in [0.05, 0.1) is 17.5 Å². The number of fused-ring (bicyclic) bond motifs is 4. The maximum absolute atomic E-state index is 13.7. The van der Waals surface area contributed by atoms with Crippen LogP contribution in [0.25, 0.3) is 0 Å². The standard InChI is InChI=1S/C28H25BrClN3O5/c1-37-23-14-17(13-20(29)25(23)38-15-16-6-4-7-18(30)12-16)24-22-10-5-11-32(22)28(26(24)33(35)36)19-8-2-3-9-21(19)31-27(28)34/h2-4,6-9,12-14,22,24,26H,5,10-11,15H2,1H3,(H,31,34)/t22-,24+,26+,28+/m0/s1. The molecule has 1 spiro atoms. The van der Waals surface area contributed by atoms with Crippen molar-refractivity contribution in [3.05, 3.63) is 97.0 Å². The molecule has 196 valence electrons. The van der Waals surface area contributed by atoms with Crippen LogP contribution in [0.5, 0.6) is 11.5 Å². The first-order chi connectivity index (χ1) is 18.4. The Hall–Kier alpha value is -3.14. The molecule has 8 nitrogen and oxygen atoms in total. The van der Waals surface area contributed by atoms with Gasteiger partial charge in [-0.25, -0.2) is 0 Å². The van der Waals surface area contributed by atoms with Crippen molar-refractivity contribution in [2.24, 2.45) is 0 Å². The molecule has 3 aliphatic rings. The smallest absolute Gasteiger partial charge is 0.256 e. The van der Waals surface area contributed by atoms with Gasteiger partial charge in [0, 0.05) is 33.8 Å². The van der Waals surface area contributed by atoms with Crippen LogP contribution in [0.15, 0.2) is 65.1 Å². The fourth-order valence-corrected chi connectivity index (χ4v) is 7.42. The van der Waals surface area contributed by atoms with Gasteiger partial charge in [-0.15, -0.1) is 0 Å². The van der Waals surface area contributed by atoms with Gasteiger partial charge >= 0.3 is 0 Å². The maximum Gasteiger partial charge on any atom is 0.256 e. The lowest BCUT2D eigenvalue weighted by Crippen LogP contribution is -2.55. The number of amides is 1. The quantitative estimate of drug-likeness (QED) is 0.287. The first-order valence-electron chi connectivity index (χ1n) is 12.4. The van der Waals surface area contributed by atoms with E-state index in [0.29, 0.717) is 38.8 Å². The first-order valence-corrected chi connectivity index (χ1v) is 13.6. The molecule has 10 heteroatoms. The number of hydrogen-bond acceptors (Lipinski definition) is 6. The maximum atomic E-state index is 13.7. The average Bonchev–Trinajstić information content (AvgIpc) is 3.56. The Kier molecular flexibility index (Phi) is 6.32. The molecule has 3 heterocycles. The lowest BCUT2D eigenvalue weighted by Gasteiger charge is -2.32. The number of rotatable bonds is 6. The van der Waals surface area contributed by atoms with Gasteiger partial charge in [0.2, 0.25) is 0 Å². The van der Waals surface area contributed by atoms with E-state index in [1.807, 2.05) is 54.6 Å². The number of para-hydroxylation sites is 1. The average molecular weight is 599 g/mol. The van der Waals surface area contributed by atoms with E-state index >= 15 is 0 Å². The molecule has 3 aliphatic heterocycles. The van der Waals surface area contributed by atoms with E-state index < -0.39 is 17.5 Å². The molecule has 0 bridgehead atoms. The van der Waals surface area contributed by atoms with E-state index in [-0.39, 0.29) is 23.5 Å². The van der Waals surface area contributed by atoms with Crippen molar-refractivity contribution in [2.75, 3.05) is 19.0 Å². The number of benzene rings is 3. The van der Waals surface area contributed by atoms with Crippen molar-refractivity contribution in [1.29, 1.82) is 0 Å². The summed E-state index contributed by atoms with van der Waals surface area (Å²) in [6.07, 6.45) is 1.63. The van der Waals surface area contributed by atoms with Gasteiger partial charge < -0.3 is 14.8 Å². The minimum atomic E-state index is -1.37. The third-order valence-corrected chi connectivity index (χ3v) is 8.83. The van der Waals surface area contributed by atoms with E-state index in [4.69, 9.17) is 21.1 Å². The molecular formula is C28H25BrClN3O5. The fourth-order valence-electron chi connectivity index (χ4n) is 6.63. The molecule has 38 heavy (non-hydrogen) atoms. The second-order valence-electron chi connectivity index (χ2n) is 9.88. The summed E-state index contributed by atoms with van der Waals surface area (Å²) in [5.74, 6) is 0.0907. The number of anilines is 1. The molecule has 0 aromatic heterocycles. The van der Waals surface area contributed by atoms with Crippen LogP contribution in [-0.4, -0.2) is 41.5 Å². The summed E-state index contributed by atoms with van der Waals surface area (Å²) in [4.78, 5) is 28.3. The van der Waals surface area contributed by atoms with Gasteiger partial charge in [-0.05, 0) is 70.2 Å². The second kappa shape index (κ2) is 9.55. The van der Waals surface area contributed by atoms with Crippen molar-refractivity contribution in [3.63, 3.8) is 0 Å². The van der Waals surface area contributed by atoms with Crippen molar-refractivity contribution in [2.45, 2.75) is 43.0 Å². The van der Waals surface area contributed by atoms with Gasteiger partial charge in [-0.3, -0.25) is 19.8 Å². The van der Waals surface area contributed by atoms with Crippen molar-refractivity contribution in [1.82, 2.24) is 4.90 Å². The second-order valence-corrected chi connectivity index (χ2v) is 11.2. The topological polar surface area (TPSA) is 93.9 Å². The summed E-state index contributed by atoms with van der Waals surface area (Å²) in [6, 6.07) is 17.0. The normalized spacial score (nSPS) is 25.8. The first kappa shape index (κ1) is 25.2. The van der Waals surface area contributed by atoms with Gasteiger partial charge in [0.1, 0.15) is 6.61 Å². The molecule has 6 rings (SSSR count). The summed E-state index contributed by atoms with van der Waals surface area (Å²) in [5, 5.41) is 16.4. The Morgan fingerprint density at radius 3 is 2.79 bits per heavy atom. The van der Waals surface area contributed by atoms with Crippen LogP contribution in [0.3, 0.4) is 0 Å². The van der Waals surface area contributed by atoms with Crippen LogP contribution in [0.4, 0.5) is 5.69 Å². The number of ether oxygens (including phenoxy) is 2. The third kappa shape index (κ3) is 3.71. The van der Waals surface area contributed by atoms with Gasteiger partial charge in [-0.2, -0.15) is 0 Å². The zero-order valence-electron chi connectivity index (χ0n) is 20.5. The molecule has 0 unspecified atom stereocenters.